The van der Waals surface area contributed by atoms with E-state index < -0.39 is 10.0 Å². The average Bonchev–Trinajstić information content (AvgIpc) is 3.14. The van der Waals surface area contributed by atoms with Crippen molar-refractivity contribution >= 4 is 27.3 Å². The summed E-state index contributed by atoms with van der Waals surface area (Å²) in [7, 11) is -3.19. The summed E-state index contributed by atoms with van der Waals surface area (Å²) in [5.41, 5.74) is 0.814. The first-order chi connectivity index (χ1) is 12.8. The molecule has 1 N–H and O–H groups in total. The standard InChI is InChI=1S/C18H22FN3O3S2/c1-27(24,25)22-10-8-21(9-11-22)13-17(23)20-18(16-3-2-12-26-16)14-4-6-15(19)7-5-14/h2-7,12,18H,8-11,13H2,1H3,(H,20,23). The van der Waals surface area contributed by atoms with E-state index in [1.54, 1.807) is 12.1 Å². The van der Waals surface area contributed by atoms with Gasteiger partial charge in [0, 0.05) is 31.1 Å². The first-order valence-electron chi connectivity index (χ1n) is 8.58. The summed E-state index contributed by atoms with van der Waals surface area (Å²) in [4.78, 5) is 15.5. The molecule has 1 aliphatic heterocycles. The minimum atomic E-state index is -3.19. The highest BCUT2D eigenvalue weighted by Gasteiger charge is 2.25. The lowest BCUT2D eigenvalue weighted by molar-refractivity contribution is -0.123. The lowest BCUT2D eigenvalue weighted by Crippen LogP contribution is -2.51. The number of carbonyl (C=O) groups excluding carboxylic acids is 1. The van der Waals surface area contributed by atoms with E-state index in [2.05, 4.69) is 5.32 Å². The molecule has 1 fully saturated rings. The number of piperazine rings is 1. The first kappa shape index (κ1) is 19.9. The Balaban J connectivity index is 1.63. The zero-order chi connectivity index (χ0) is 19.4. The van der Waals surface area contributed by atoms with Gasteiger partial charge in [-0.15, -0.1) is 11.3 Å². The van der Waals surface area contributed by atoms with E-state index in [4.69, 9.17) is 0 Å². The minimum Gasteiger partial charge on any atom is -0.343 e. The number of halogens is 1. The van der Waals surface area contributed by atoms with Crippen LogP contribution in [0.1, 0.15) is 16.5 Å². The van der Waals surface area contributed by atoms with Crippen LogP contribution in [-0.4, -0.2) is 62.5 Å². The molecule has 146 valence electrons. The highest BCUT2D eigenvalue weighted by molar-refractivity contribution is 7.88. The fourth-order valence-corrected chi connectivity index (χ4v) is 4.69. The molecule has 0 saturated carbocycles. The second-order valence-electron chi connectivity index (χ2n) is 6.51. The molecule has 9 heteroatoms. The van der Waals surface area contributed by atoms with Crippen LogP contribution in [0.2, 0.25) is 0 Å². The summed E-state index contributed by atoms with van der Waals surface area (Å²) in [6.07, 6.45) is 1.20. The highest BCUT2D eigenvalue weighted by atomic mass is 32.2. The predicted molar refractivity (Wildman–Crippen MR) is 104 cm³/mol. The topological polar surface area (TPSA) is 69.7 Å². The number of rotatable bonds is 6. The van der Waals surface area contributed by atoms with E-state index in [0.717, 1.165) is 10.4 Å². The highest BCUT2D eigenvalue weighted by Crippen LogP contribution is 2.26. The summed E-state index contributed by atoms with van der Waals surface area (Å²) in [6, 6.07) is 9.61. The van der Waals surface area contributed by atoms with Gasteiger partial charge in [-0.25, -0.2) is 12.8 Å². The molecule has 0 aliphatic carbocycles. The number of amides is 1. The molecule has 0 radical (unpaired) electrons. The second-order valence-corrected chi connectivity index (χ2v) is 9.47. The molecule has 1 saturated heterocycles. The van der Waals surface area contributed by atoms with Crippen molar-refractivity contribution in [2.24, 2.45) is 0 Å². The Morgan fingerprint density at radius 1 is 1.19 bits per heavy atom. The van der Waals surface area contributed by atoms with Gasteiger partial charge in [-0.3, -0.25) is 9.69 Å². The van der Waals surface area contributed by atoms with E-state index in [-0.39, 0.29) is 24.3 Å². The van der Waals surface area contributed by atoms with Crippen molar-refractivity contribution in [3.05, 3.63) is 58.0 Å². The number of hydrogen-bond acceptors (Lipinski definition) is 5. The van der Waals surface area contributed by atoms with Gasteiger partial charge < -0.3 is 5.32 Å². The van der Waals surface area contributed by atoms with Crippen molar-refractivity contribution in [1.29, 1.82) is 0 Å². The smallest absolute Gasteiger partial charge is 0.234 e. The largest absolute Gasteiger partial charge is 0.343 e. The molecule has 27 heavy (non-hydrogen) atoms. The Morgan fingerprint density at radius 3 is 2.41 bits per heavy atom. The van der Waals surface area contributed by atoms with Gasteiger partial charge in [0.25, 0.3) is 0 Å². The summed E-state index contributed by atoms with van der Waals surface area (Å²) in [5.74, 6) is -0.468. The van der Waals surface area contributed by atoms with Gasteiger partial charge in [0.05, 0.1) is 18.8 Å². The second kappa shape index (κ2) is 8.47. The number of carbonyl (C=O) groups is 1. The van der Waals surface area contributed by atoms with E-state index in [0.29, 0.717) is 26.2 Å². The molecule has 1 aromatic heterocycles. The van der Waals surface area contributed by atoms with Crippen molar-refractivity contribution in [2.45, 2.75) is 6.04 Å². The normalized spacial score (nSPS) is 17.6. The fraction of sp³-hybridized carbons (Fsp3) is 0.389. The van der Waals surface area contributed by atoms with Gasteiger partial charge in [-0.1, -0.05) is 18.2 Å². The number of nitrogens with one attached hydrogen (secondary N) is 1. The van der Waals surface area contributed by atoms with Crippen LogP contribution in [0.3, 0.4) is 0 Å². The molecule has 2 aromatic rings. The van der Waals surface area contributed by atoms with Gasteiger partial charge in [-0.2, -0.15) is 4.31 Å². The van der Waals surface area contributed by atoms with Crippen molar-refractivity contribution in [3.63, 3.8) is 0 Å². The van der Waals surface area contributed by atoms with E-state index >= 15 is 0 Å². The van der Waals surface area contributed by atoms with Crippen molar-refractivity contribution in [3.8, 4) is 0 Å². The maximum Gasteiger partial charge on any atom is 0.234 e. The lowest BCUT2D eigenvalue weighted by Gasteiger charge is -2.33. The third kappa shape index (κ3) is 5.35. The van der Waals surface area contributed by atoms with E-state index in [9.17, 15) is 17.6 Å². The monoisotopic (exact) mass is 411 g/mol. The van der Waals surface area contributed by atoms with Crippen molar-refractivity contribution in [2.75, 3.05) is 39.0 Å². The molecule has 3 rings (SSSR count). The van der Waals surface area contributed by atoms with Gasteiger partial charge in [-0.05, 0) is 29.1 Å². The third-order valence-corrected chi connectivity index (χ3v) is 6.74. The minimum absolute atomic E-state index is 0.148. The quantitative estimate of drug-likeness (QED) is 0.785. The maximum absolute atomic E-state index is 13.2. The maximum atomic E-state index is 13.2. The molecule has 6 nitrogen and oxygen atoms in total. The van der Waals surface area contributed by atoms with Gasteiger partial charge >= 0.3 is 0 Å². The Labute approximate surface area is 162 Å². The average molecular weight is 412 g/mol. The Kier molecular flexibility index (Phi) is 6.25. The Morgan fingerprint density at radius 2 is 1.85 bits per heavy atom. The predicted octanol–water partition coefficient (Wildman–Crippen LogP) is 1.67. The van der Waals surface area contributed by atoms with Crippen molar-refractivity contribution < 1.29 is 17.6 Å². The summed E-state index contributed by atoms with van der Waals surface area (Å²) >= 11 is 1.53. The molecule has 1 unspecified atom stereocenters. The van der Waals surface area contributed by atoms with Crippen molar-refractivity contribution in [1.82, 2.24) is 14.5 Å². The van der Waals surface area contributed by atoms with Crippen LogP contribution in [0.25, 0.3) is 0 Å². The zero-order valence-corrected chi connectivity index (χ0v) is 16.6. The zero-order valence-electron chi connectivity index (χ0n) is 15.0. The molecule has 1 aromatic carbocycles. The third-order valence-electron chi connectivity index (χ3n) is 4.50. The molecule has 1 amide bonds. The van der Waals surface area contributed by atoms with Gasteiger partial charge in [0.1, 0.15) is 5.82 Å². The summed E-state index contributed by atoms with van der Waals surface area (Å²) in [6.45, 7) is 2.00. The van der Waals surface area contributed by atoms with Crippen LogP contribution in [0.4, 0.5) is 4.39 Å². The molecular weight excluding hydrogens is 389 g/mol. The molecule has 2 heterocycles. The van der Waals surface area contributed by atoms with Gasteiger partial charge in [0.15, 0.2) is 0 Å². The number of hydrogen-bond donors (Lipinski definition) is 1. The Bertz CT molecular complexity index is 862. The number of thiophene rings is 1. The van der Waals surface area contributed by atoms with Crippen LogP contribution >= 0.6 is 11.3 Å². The number of benzene rings is 1. The fourth-order valence-electron chi connectivity index (χ4n) is 3.06. The number of sulfonamides is 1. The summed E-state index contributed by atoms with van der Waals surface area (Å²) in [5, 5.41) is 4.95. The molecule has 0 bridgehead atoms. The summed E-state index contributed by atoms with van der Waals surface area (Å²) < 4.78 is 37.8. The van der Waals surface area contributed by atoms with E-state index in [1.807, 2.05) is 22.4 Å². The SMILES string of the molecule is CS(=O)(=O)N1CCN(CC(=O)NC(c2ccc(F)cc2)c2cccs2)CC1. The van der Waals surface area contributed by atoms with Crippen LogP contribution < -0.4 is 5.32 Å². The molecule has 0 spiro atoms. The molecule has 1 atom stereocenters. The van der Waals surface area contributed by atoms with Crippen LogP contribution in [-0.2, 0) is 14.8 Å². The molecule has 1 aliphatic rings. The molecular formula is C18H22FN3O3S2. The van der Waals surface area contributed by atoms with E-state index in [1.165, 1.54) is 34.0 Å². The van der Waals surface area contributed by atoms with Crippen LogP contribution in [0, 0.1) is 5.82 Å². The number of nitrogens with zero attached hydrogens (tertiary/aromatic N) is 2. The Hall–Kier alpha value is -1.81. The van der Waals surface area contributed by atoms with Crippen LogP contribution in [0.15, 0.2) is 41.8 Å². The first-order valence-corrected chi connectivity index (χ1v) is 11.3. The lowest BCUT2D eigenvalue weighted by atomic mass is 10.1. The van der Waals surface area contributed by atoms with Gasteiger partial charge in [0.2, 0.25) is 15.9 Å². The van der Waals surface area contributed by atoms with Crippen LogP contribution in [0.5, 0.6) is 0 Å².